The molecule has 0 aliphatic rings. The number of nitrogens with zero attached hydrogens (tertiary/aromatic N) is 2. The van der Waals surface area contributed by atoms with Crippen LogP contribution in [-0.2, 0) is 6.42 Å². The van der Waals surface area contributed by atoms with Crippen LogP contribution in [0.3, 0.4) is 0 Å². The minimum Gasteiger partial charge on any atom is -0.370 e. The predicted molar refractivity (Wildman–Crippen MR) is 78.4 cm³/mol. The molecule has 2 heterocycles. The van der Waals surface area contributed by atoms with Crippen molar-refractivity contribution in [1.29, 1.82) is 0 Å². The molecule has 0 fully saturated rings. The summed E-state index contributed by atoms with van der Waals surface area (Å²) < 4.78 is 0. The van der Waals surface area contributed by atoms with Crippen molar-refractivity contribution in [3.8, 4) is 11.4 Å². The number of anilines is 1. The van der Waals surface area contributed by atoms with Gasteiger partial charge in [0.05, 0.1) is 0 Å². The van der Waals surface area contributed by atoms with Crippen LogP contribution in [0.1, 0.15) is 29.3 Å². The van der Waals surface area contributed by atoms with E-state index in [4.69, 9.17) is 0 Å². The van der Waals surface area contributed by atoms with Gasteiger partial charge in [-0.25, -0.2) is 9.97 Å². The first-order chi connectivity index (χ1) is 8.63. The number of aryl methyl sites for hydroxylation is 3. The largest absolute Gasteiger partial charge is 0.370 e. The van der Waals surface area contributed by atoms with E-state index in [0.717, 1.165) is 35.9 Å². The quantitative estimate of drug-likeness (QED) is 0.909. The van der Waals surface area contributed by atoms with Crippen LogP contribution >= 0.6 is 11.3 Å². The lowest BCUT2D eigenvalue weighted by Crippen LogP contribution is -2.03. The van der Waals surface area contributed by atoms with Gasteiger partial charge in [0.25, 0.3) is 0 Å². The molecule has 3 nitrogen and oxygen atoms in total. The van der Waals surface area contributed by atoms with Crippen molar-refractivity contribution < 1.29 is 0 Å². The van der Waals surface area contributed by atoms with E-state index in [1.807, 2.05) is 6.07 Å². The van der Waals surface area contributed by atoms with Crippen LogP contribution in [0.5, 0.6) is 0 Å². The summed E-state index contributed by atoms with van der Waals surface area (Å²) in [6.07, 6.45) is 0.927. The summed E-state index contributed by atoms with van der Waals surface area (Å²) in [6.45, 7) is 9.32. The molecule has 2 rings (SSSR count). The van der Waals surface area contributed by atoms with Crippen molar-refractivity contribution in [1.82, 2.24) is 9.97 Å². The Morgan fingerprint density at radius 2 is 1.94 bits per heavy atom. The molecule has 0 amide bonds. The van der Waals surface area contributed by atoms with Crippen LogP contribution in [0.4, 0.5) is 5.82 Å². The molecule has 0 aromatic carbocycles. The van der Waals surface area contributed by atoms with Gasteiger partial charge in [0.15, 0.2) is 5.82 Å². The number of aromatic nitrogens is 2. The Kier molecular flexibility index (Phi) is 3.97. The van der Waals surface area contributed by atoms with Gasteiger partial charge in [-0.3, -0.25) is 0 Å². The summed E-state index contributed by atoms with van der Waals surface area (Å²) >= 11 is 1.80. The SMILES string of the molecule is CCNc1cc(CC)nc(-c2cc(C)sc2C)n1. The Balaban J connectivity index is 2.49. The molecule has 0 saturated heterocycles. The first-order valence-corrected chi connectivity index (χ1v) is 7.15. The minimum atomic E-state index is 0.840. The van der Waals surface area contributed by atoms with Crippen molar-refractivity contribution in [2.45, 2.75) is 34.1 Å². The fraction of sp³-hybridized carbons (Fsp3) is 0.429. The van der Waals surface area contributed by atoms with E-state index in [1.54, 1.807) is 11.3 Å². The number of hydrogen-bond acceptors (Lipinski definition) is 4. The van der Waals surface area contributed by atoms with E-state index in [9.17, 15) is 0 Å². The first-order valence-electron chi connectivity index (χ1n) is 6.33. The molecule has 18 heavy (non-hydrogen) atoms. The van der Waals surface area contributed by atoms with Crippen molar-refractivity contribution in [2.24, 2.45) is 0 Å². The van der Waals surface area contributed by atoms with Crippen LogP contribution in [0, 0.1) is 13.8 Å². The second-order valence-electron chi connectivity index (χ2n) is 4.28. The fourth-order valence-electron chi connectivity index (χ4n) is 1.92. The third-order valence-electron chi connectivity index (χ3n) is 2.78. The van der Waals surface area contributed by atoms with Crippen molar-refractivity contribution in [2.75, 3.05) is 11.9 Å². The topological polar surface area (TPSA) is 37.8 Å². The molecule has 0 spiro atoms. The van der Waals surface area contributed by atoms with Gasteiger partial charge in [-0.05, 0) is 33.3 Å². The highest BCUT2D eigenvalue weighted by Crippen LogP contribution is 2.29. The van der Waals surface area contributed by atoms with E-state index < -0.39 is 0 Å². The van der Waals surface area contributed by atoms with Gasteiger partial charge in [-0.15, -0.1) is 11.3 Å². The molecule has 0 radical (unpaired) electrons. The molecule has 96 valence electrons. The molecule has 0 unspecified atom stereocenters. The lowest BCUT2D eigenvalue weighted by molar-refractivity contribution is 0.998. The maximum absolute atomic E-state index is 4.63. The number of thiophene rings is 1. The molecule has 2 aromatic heterocycles. The standard InChI is InChI=1S/C14H19N3S/c1-5-11-8-13(15-6-2)17-14(16-11)12-7-9(3)18-10(12)4/h7-8H,5-6H2,1-4H3,(H,15,16,17). The number of nitrogens with one attached hydrogen (secondary N) is 1. The summed E-state index contributed by atoms with van der Waals surface area (Å²) in [5.74, 6) is 1.76. The highest BCUT2D eigenvalue weighted by atomic mass is 32.1. The lowest BCUT2D eigenvalue weighted by atomic mass is 10.2. The highest BCUT2D eigenvalue weighted by molar-refractivity contribution is 7.12. The van der Waals surface area contributed by atoms with Gasteiger partial charge < -0.3 is 5.32 Å². The highest BCUT2D eigenvalue weighted by Gasteiger charge is 2.10. The molecule has 0 aliphatic heterocycles. The Morgan fingerprint density at radius 3 is 2.50 bits per heavy atom. The van der Waals surface area contributed by atoms with Crippen LogP contribution in [0.2, 0.25) is 0 Å². The van der Waals surface area contributed by atoms with E-state index in [1.165, 1.54) is 9.75 Å². The van der Waals surface area contributed by atoms with Crippen molar-refractivity contribution >= 4 is 17.2 Å². The van der Waals surface area contributed by atoms with Gasteiger partial charge >= 0.3 is 0 Å². The summed E-state index contributed by atoms with van der Waals surface area (Å²) in [6, 6.07) is 4.20. The summed E-state index contributed by atoms with van der Waals surface area (Å²) in [5, 5.41) is 3.27. The monoisotopic (exact) mass is 261 g/mol. The van der Waals surface area contributed by atoms with E-state index in [2.05, 4.69) is 49.0 Å². The Bertz CT molecular complexity index is 546. The predicted octanol–water partition coefficient (Wildman–Crippen LogP) is 3.82. The Hall–Kier alpha value is -1.42. The molecule has 0 saturated carbocycles. The van der Waals surface area contributed by atoms with E-state index in [-0.39, 0.29) is 0 Å². The molecular formula is C14H19N3S. The number of rotatable bonds is 4. The smallest absolute Gasteiger partial charge is 0.162 e. The van der Waals surface area contributed by atoms with Crippen molar-refractivity contribution in [3.05, 3.63) is 27.6 Å². The molecule has 1 N–H and O–H groups in total. The normalized spacial score (nSPS) is 10.7. The zero-order valence-electron chi connectivity index (χ0n) is 11.4. The van der Waals surface area contributed by atoms with E-state index >= 15 is 0 Å². The number of hydrogen-bond donors (Lipinski definition) is 1. The fourth-order valence-corrected chi connectivity index (χ4v) is 2.84. The lowest BCUT2D eigenvalue weighted by Gasteiger charge is -2.07. The van der Waals surface area contributed by atoms with E-state index in [0.29, 0.717) is 0 Å². The molecule has 0 bridgehead atoms. The molecular weight excluding hydrogens is 242 g/mol. The van der Waals surface area contributed by atoms with Gasteiger partial charge in [-0.1, -0.05) is 6.92 Å². The second-order valence-corrected chi connectivity index (χ2v) is 5.74. The molecule has 0 aliphatic carbocycles. The maximum atomic E-state index is 4.63. The summed E-state index contributed by atoms with van der Waals surface area (Å²) in [4.78, 5) is 11.8. The average Bonchev–Trinajstić information content (AvgIpc) is 2.68. The minimum absolute atomic E-state index is 0.840. The van der Waals surface area contributed by atoms with Crippen LogP contribution < -0.4 is 5.32 Å². The zero-order valence-corrected chi connectivity index (χ0v) is 12.2. The van der Waals surface area contributed by atoms with Gasteiger partial charge in [-0.2, -0.15) is 0 Å². The third-order valence-corrected chi connectivity index (χ3v) is 3.75. The maximum Gasteiger partial charge on any atom is 0.162 e. The molecule has 2 aromatic rings. The third kappa shape index (κ3) is 2.70. The molecule has 4 heteroatoms. The van der Waals surface area contributed by atoms with Gasteiger partial charge in [0.1, 0.15) is 5.82 Å². The zero-order chi connectivity index (χ0) is 13.1. The molecule has 0 atom stereocenters. The Labute approximate surface area is 112 Å². The average molecular weight is 261 g/mol. The van der Waals surface area contributed by atoms with Gasteiger partial charge in [0, 0.05) is 33.6 Å². The summed E-state index contributed by atoms with van der Waals surface area (Å²) in [5.41, 5.74) is 2.24. The Morgan fingerprint density at radius 1 is 1.17 bits per heavy atom. The first kappa shape index (κ1) is 13.0. The van der Waals surface area contributed by atoms with Crippen molar-refractivity contribution in [3.63, 3.8) is 0 Å². The van der Waals surface area contributed by atoms with Crippen LogP contribution in [-0.4, -0.2) is 16.5 Å². The van der Waals surface area contributed by atoms with Crippen LogP contribution in [0.15, 0.2) is 12.1 Å². The second kappa shape index (κ2) is 5.48. The van der Waals surface area contributed by atoms with Gasteiger partial charge in [0.2, 0.25) is 0 Å². The van der Waals surface area contributed by atoms with Crippen LogP contribution in [0.25, 0.3) is 11.4 Å². The summed E-state index contributed by atoms with van der Waals surface area (Å²) in [7, 11) is 0.